The van der Waals surface area contributed by atoms with E-state index in [2.05, 4.69) is 15.6 Å². The summed E-state index contributed by atoms with van der Waals surface area (Å²) in [4.78, 5) is 90.9. The molecule has 3 N–H and O–H groups in total. The predicted molar refractivity (Wildman–Crippen MR) is 225 cm³/mol. The largest absolute Gasteiger partial charge is 0.478 e. The van der Waals surface area contributed by atoms with Crippen molar-refractivity contribution >= 4 is 41.9 Å². The van der Waals surface area contributed by atoms with Crippen molar-refractivity contribution in [3.05, 3.63) is 95.1 Å². The monoisotopic (exact) mass is 866 g/mol. The number of nitrogens with one attached hydrogen (secondary N) is 2. The first-order chi connectivity index (χ1) is 28.6. The van der Waals surface area contributed by atoms with Crippen LogP contribution in [0.5, 0.6) is 5.75 Å². The first-order valence-electron chi connectivity index (χ1n) is 19.6. The van der Waals surface area contributed by atoms with Gasteiger partial charge in [-0.05, 0) is 143 Å². The Morgan fingerprint density at radius 2 is 1.24 bits per heavy atom. The number of guanidine groups is 1. The molecule has 0 spiro atoms. The molecule has 338 valence electrons. The average molecular weight is 867 g/mol. The third-order valence-corrected chi connectivity index (χ3v) is 7.12. The van der Waals surface area contributed by atoms with Crippen molar-refractivity contribution in [2.24, 2.45) is 4.99 Å². The fraction of sp³-hybridized carbons (Fsp3) is 0.455. The molecule has 1 atom stereocenters. The van der Waals surface area contributed by atoms with Gasteiger partial charge in [0.25, 0.3) is 0 Å². The average Bonchev–Trinajstić information content (AvgIpc) is 3.13. The lowest BCUT2D eigenvalue weighted by Gasteiger charge is -2.32. The van der Waals surface area contributed by atoms with Gasteiger partial charge in [0.1, 0.15) is 30.2 Å². The summed E-state index contributed by atoms with van der Waals surface area (Å²) in [6.45, 7) is 20.0. The van der Waals surface area contributed by atoms with Crippen LogP contribution in [0.2, 0.25) is 0 Å². The van der Waals surface area contributed by atoms with Gasteiger partial charge in [0.15, 0.2) is 6.23 Å². The number of carbonyl (C=O) groups excluding carboxylic acids is 4. The smallest absolute Gasteiger partial charge is 0.414 e. The Balaban J connectivity index is 1.74. The van der Waals surface area contributed by atoms with E-state index in [4.69, 9.17) is 38.5 Å². The molecule has 0 bridgehead atoms. The second-order valence-electron chi connectivity index (χ2n) is 17.7. The van der Waals surface area contributed by atoms with Crippen molar-refractivity contribution in [1.82, 2.24) is 15.5 Å². The third kappa shape index (κ3) is 19.5. The number of aromatic carboxylic acids is 1. The number of ether oxygens (including phenoxy) is 4. The molecule has 0 unspecified atom stereocenters. The number of esters is 1. The molecule has 0 saturated carbocycles. The lowest BCUT2D eigenvalue weighted by molar-refractivity contribution is -0.425. The molecule has 18 heteroatoms. The standard InChI is InChI=1S/C44H58N4O14/c1-41(2,3)58-38(52)46-37(47-39(53)59-42(4,5)6)45-32-20-18-30(19-21-32)36(51)57-33-22-16-28(17-23-33)26-55-40(54)48(25-29-14-13-15-31(24-29)35(49)50)34(60-62-44(10,11)12)27-56-61-43(7,8)9/h13-24,34H,25-27H2,1-12H3,(H,49,50)(H2,45,46,47,52,53)/t34-/m0/s1. The van der Waals surface area contributed by atoms with Crippen LogP contribution in [0.25, 0.3) is 0 Å². The number of alkyl carbamates (subject to hydrolysis) is 2. The summed E-state index contributed by atoms with van der Waals surface area (Å²) < 4.78 is 21.8. The van der Waals surface area contributed by atoms with Crippen molar-refractivity contribution in [3.63, 3.8) is 0 Å². The lowest BCUT2D eigenvalue weighted by atomic mass is 10.1. The fourth-order valence-corrected chi connectivity index (χ4v) is 4.66. The van der Waals surface area contributed by atoms with Crippen LogP contribution in [-0.2, 0) is 46.9 Å². The van der Waals surface area contributed by atoms with Gasteiger partial charge < -0.3 is 24.1 Å². The highest BCUT2D eigenvalue weighted by Crippen LogP contribution is 2.21. The lowest BCUT2D eigenvalue weighted by Crippen LogP contribution is -2.47. The summed E-state index contributed by atoms with van der Waals surface area (Å²) in [6, 6.07) is 18.1. The van der Waals surface area contributed by atoms with Gasteiger partial charge >= 0.3 is 30.2 Å². The minimum atomic E-state index is -1.20. The van der Waals surface area contributed by atoms with E-state index in [1.54, 1.807) is 107 Å². The fourth-order valence-electron chi connectivity index (χ4n) is 4.66. The van der Waals surface area contributed by atoms with E-state index in [0.717, 1.165) is 0 Å². The Hall–Kier alpha value is -6.08. The molecule has 3 aromatic rings. The van der Waals surface area contributed by atoms with Crippen LogP contribution in [-0.4, -0.2) is 81.4 Å². The molecular formula is C44H58N4O14. The molecule has 0 fully saturated rings. The zero-order chi connectivity index (χ0) is 46.5. The van der Waals surface area contributed by atoms with Crippen molar-refractivity contribution in [3.8, 4) is 5.75 Å². The van der Waals surface area contributed by atoms with Gasteiger partial charge in [-0.3, -0.25) is 15.5 Å². The Morgan fingerprint density at radius 1 is 0.677 bits per heavy atom. The molecule has 0 aromatic heterocycles. The van der Waals surface area contributed by atoms with Crippen molar-refractivity contribution in [2.75, 3.05) is 6.61 Å². The number of rotatable bonds is 14. The molecule has 0 radical (unpaired) electrons. The third-order valence-electron chi connectivity index (χ3n) is 7.12. The first kappa shape index (κ1) is 50.3. The highest BCUT2D eigenvalue weighted by Gasteiger charge is 2.31. The summed E-state index contributed by atoms with van der Waals surface area (Å²) in [6.07, 6.45) is -3.77. The van der Waals surface area contributed by atoms with Crippen molar-refractivity contribution in [1.29, 1.82) is 0 Å². The summed E-state index contributed by atoms with van der Waals surface area (Å²) in [5, 5.41) is 14.3. The topological polar surface area (TPSA) is 219 Å². The van der Waals surface area contributed by atoms with E-state index < -0.39 is 58.9 Å². The van der Waals surface area contributed by atoms with Crippen LogP contribution in [0.4, 0.5) is 20.1 Å². The zero-order valence-corrected chi connectivity index (χ0v) is 37.3. The van der Waals surface area contributed by atoms with E-state index in [0.29, 0.717) is 11.1 Å². The van der Waals surface area contributed by atoms with Crippen LogP contribution < -0.4 is 15.4 Å². The maximum atomic E-state index is 13.7. The minimum Gasteiger partial charge on any atom is -0.478 e. The first-order valence-corrected chi connectivity index (χ1v) is 19.6. The molecule has 0 aliphatic rings. The number of carboxylic acid groups (broad SMARTS) is 1. The summed E-state index contributed by atoms with van der Waals surface area (Å²) in [7, 11) is 0. The number of carboxylic acids is 1. The van der Waals surface area contributed by atoms with Crippen LogP contribution >= 0.6 is 0 Å². The Labute approximate surface area is 361 Å². The highest BCUT2D eigenvalue weighted by atomic mass is 17.2. The number of hydrogen-bond acceptors (Lipinski definition) is 14. The van der Waals surface area contributed by atoms with Gasteiger partial charge in [0.05, 0.1) is 34.6 Å². The number of nitrogens with zero attached hydrogens (tertiary/aromatic N) is 2. The predicted octanol–water partition coefficient (Wildman–Crippen LogP) is 8.60. The van der Waals surface area contributed by atoms with E-state index in [1.807, 2.05) is 0 Å². The molecule has 0 aliphatic carbocycles. The quantitative estimate of drug-likeness (QED) is 0.0202. The van der Waals surface area contributed by atoms with Crippen LogP contribution in [0, 0.1) is 0 Å². The molecule has 0 aliphatic heterocycles. The number of carbonyl (C=O) groups is 5. The van der Waals surface area contributed by atoms with Gasteiger partial charge in [-0.25, -0.2) is 48.5 Å². The van der Waals surface area contributed by atoms with Crippen LogP contribution in [0.3, 0.4) is 0 Å². The summed E-state index contributed by atoms with van der Waals surface area (Å²) in [5.74, 6) is -1.90. The molecule has 3 aromatic carbocycles. The Kier molecular flexibility index (Phi) is 17.5. The van der Waals surface area contributed by atoms with Gasteiger partial charge in [-0.1, -0.05) is 24.3 Å². The SMILES string of the molecule is CC(C)(C)OOC[C@H](OOC(C)(C)C)N(Cc1cccc(C(=O)O)c1)C(=O)OCc1ccc(OC(=O)c2ccc(N=C(NC(=O)OC(C)(C)C)NC(=O)OC(C)(C)C)cc2)cc1. The number of benzene rings is 3. The number of aliphatic imine (C=N–C) groups is 1. The normalized spacial score (nSPS) is 12.3. The summed E-state index contributed by atoms with van der Waals surface area (Å²) >= 11 is 0. The van der Waals surface area contributed by atoms with Crippen LogP contribution in [0.1, 0.15) is 115 Å². The number of amides is 3. The van der Waals surface area contributed by atoms with Gasteiger partial charge in [0.2, 0.25) is 5.96 Å². The van der Waals surface area contributed by atoms with Crippen molar-refractivity contribution in [2.45, 2.75) is 125 Å². The molecule has 0 saturated heterocycles. The molecule has 62 heavy (non-hydrogen) atoms. The van der Waals surface area contributed by atoms with Gasteiger partial charge in [-0.15, -0.1) is 0 Å². The van der Waals surface area contributed by atoms with Gasteiger partial charge in [0, 0.05) is 0 Å². The zero-order valence-electron chi connectivity index (χ0n) is 37.3. The van der Waals surface area contributed by atoms with Crippen molar-refractivity contribution < 1.29 is 67.6 Å². The number of hydrogen-bond donors (Lipinski definition) is 3. The van der Waals surface area contributed by atoms with E-state index in [9.17, 15) is 29.1 Å². The maximum Gasteiger partial charge on any atom is 0.414 e. The second kappa shape index (κ2) is 21.6. The Bertz CT molecular complexity index is 1990. The molecule has 3 rings (SSSR count). The molecule has 18 nitrogen and oxygen atoms in total. The second-order valence-corrected chi connectivity index (χ2v) is 17.7. The van der Waals surface area contributed by atoms with E-state index in [1.165, 1.54) is 53.4 Å². The van der Waals surface area contributed by atoms with E-state index >= 15 is 0 Å². The van der Waals surface area contributed by atoms with Crippen LogP contribution in [0.15, 0.2) is 77.8 Å². The molecule has 0 heterocycles. The summed E-state index contributed by atoms with van der Waals surface area (Å²) in [5.41, 5.74) is -1.65. The highest BCUT2D eigenvalue weighted by molar-refractivity contribution is 6.02. The minimum absolute atomic E-state index is 0.0199. The Morgan fingerprint density at radius 3 is 1.76 bits per heavy atom. The van der Waals surface area contributed by atoms with Gasteiger partial charge in [-0.2, -0.15) is 0 Å². The van der Waals surface area contributed by atoms with E-state index in [-0.39, 0.29) is 48.3 Å². The maximum absolute atomic E-state index is 13.7. The molecular weight excluding hydrogens is 808 g/mol. The molecule has 3 amide bonds.